The first kappa shape index (κ1) is 25.6. The van der Waals surface area contributed by atoms with E-state index in [0.29, 0.717) is 23.9 Å². The summed E-state index contributed by atoms with van der Waals surface area (Å²) in [7, 11) is 6.20. The summed E-state index contributed by atoms with van der Waals surface area (Å²) in [6.45, 7) is 11.1. The summed E-state index contributed by atoms with van der Waals surface area (Å²) in [6, 6.07) is 0.765. The number of aliphatic hydroxyl groups is 1. The van der Waals surface area contributed by atoms with E-state index >= 15 is 0 Å². The van der Waals surface area contributed by atoms with Gasteiger partial charge in [-0.15, -0.1) is 0 Å². The zero-order valence-corrected chi connectivity index (χ0v) is 21.3. The second kappa shape index (κ2) is 11.9. The van der Waals surface area contributed by atoms with Gasteiger partial charge in [0, 0.05) is 32.4 Å². The van der Waals surface area contributed by atoms with Crippen LogP contribution in [0.15, 0.2) is 17.8 Å². The SMILES string of the molecule is C=C(c1nc(NC(C)CCC)ncc1C(=NC)N(C)C1CCN(C)CC1)C1CCC(O)CC1. The fraction of sp³-hybridized carbons (Fsp3) is 0.731. The lowest BCUT2D eigenvalue weighted by Gasteiger charge is -2.37. The molecule has 33 heavy (non-hydrogen) atoms. The molecule has 1 aliphatic carbocycles. The van der Waals surface area contributed by atoms with E-state index in [1.807, 2.05) is 13.2 Å². The van der Waals surface area contributed by atoms with Gasteiger partial charge in [0.25, 0.3) is 0 Å². The molecular formula is C26H44N6O. The number of likely N-dealkylation sites (tertiary alicyclic amines) is 1. The van der Waals surface area contributed by atoms with Crippen LogP contribution in [-0.2, 0) is 0 Å². The smallest absolute Gasteiger partial charge is 0.223 e. The number of aliphatic hydroxyl groups excluding tert-OH is 1. The normalized spacial score (nSPS) is 23.9. The minimum absolute atomic E-state index is 0.186. The molecule has 2 heterocycles. The molecule has 2 fully saturated rings. The van der Waals surface area contributed by atoms with Gasteiger partial charge in [-0.05, 0) is 83.5 Å². The Bertz CT molecular complexity index is 809. The molecule has 184 valence electrons. The average Bonchev–Trinajstić information content (AvgIpc) is 2.81. The number of hydrogen-bond acceptors (Lipinski definition) is 6. The lowest BCUT2D eigenvalue weighted by molar-refractivity contribution is 0.119. The van der Waals surface area contributed by atoms with Crippen LogP contribution in [0, 0.1) is 5.92 Å². The Kier molecular flexibility index (Phi) is 9.27. The molecule has 2 N–H and O–H groups in total. The molecule has 0 aromatic carbocycles. The molecule has 1 unspecified atom stereocenters. The van der Waals surface area contributed by atoms with Crippen LogP contribution in [-0.4, -0.2) is 83.1 Å². The van der Waals surface area contributed by atoms with Gasteiger partial charge in [-0.3, -0.25) is 4.99 Å². The maximum absolute atomic E-state index is 10.00. The molecule has 0 amide bonds. The van der Waals surface area contributed by atoms with E-state index in [4.69, 9.17) is 15.0 Å². The zero-order chi connectivity index (χ0) is 24.0. The Labute approximate surface area is 200 Å². The number of amidine groups is 1. The van der Waals surface area contributed by atoms with E-state index in [9.17, 15) is 5.11 Å². The minimum atomic E-state index is -0.186. The fourth-order valence-electron chi connectivity index (χ4n) is 5.23. The van der Waals surface area contributed by atoms with Gasteiger partial charge in [0.05, 0.1) is 17.4 Å². The van der Waals surface area contributed by atoms with Crippen LogP contribution in [0.1, 0.15) is 76.5 Å². The largest absolute Gasteiger partial charge is 0.393 e. The molecule has 1 atom stereocenters. The van der Waals surface area contributed by atoms with Gasteiger partial charge in [-0.25, -0.2) is 9.97 Å². The average molecular weight is 457 g/mol. The van der Waals surface area contributed by atoms with Crippen LogP contribution in [0.25, 0.3) is 5.57 Å². The molecule has 1 aromatic heterocycles. The summed E-state index contributed by atoms with van der Waals surface area (Å²) in [5.41, 5.74) is 2.91. The number of aromatic nitrogens is 2. The lowest BCUT2D eigenvalue weighted by Crippen LogP contribution is -2.45. The third-order valence-corrected chi connectivity index (χ3v) is 7.40. The first-order valence-electron chi connectivity index (χ1n) is 12.7. The van der Waals surface area contributed by atoms with Crippen LogP contribution in [0.3, 0.4) is 0 Å². The zero-order valence-electron chi connectivity index (χ0n) is 21.3. The van der Waals surface area contributed by atoms with Gasteiger partial charge in [0.2, 0.25) is 5.95 Å². The Morgan fingerprint density at radius 1 is 1.27 bits per heavy atom. The first-order chi connectivity index (χ1) is 15.8. The molecule has 3 rings (SSSR count). The van der Waals surface area contributed by atoms with Gasteiger partial charge < -0.3 is 20.2 Å². The van der Waals surface area contributed by atoms with E-state index in [0.717, 1.165) is 87.1 Å². The van der Waals surface area contributed by atoms with Crippen LogP contribution in [0.4, 0.5) is 5.95 Å². The molecule has 0 bridgehead atoms. The van der Waals surface area contributed by atoms with Crippen LogP contribution >= 0.6 is 0 Å². The molecular weight excluding hydrogens is 412 g/mol. The Balaban J connectivity index is 1.91. The molecule has 0 spiro atoms. The number of hydrogen-bond donors (Lipinski definition) is 2. The third kappa shape index (κ3) is 6.54. The predicted octanol–water partition coefficient (Wildman–Crippen LogP) is 4.04. The quantitative estimate of drug-likeness (QED) is 0.454. The molecule has 7 heteroatoms. The summed E-state index contributed by atoms with van der Waals surface area (Å²) in [5.74, 6) is 1.92. The summed E-state index contributed by atoms with van der Waals surface area (Å²) < 4.78 is 0. The van der Waals surface area contributed by atoms with Crippen molar-refractivity contribution in [2.45, 2.75) is 83.4 Å². The number of allylic oxidation sites excluding steroid dienone is 1. The van der Waals surface area contributed by atoms with Crippen molar-refractivity contribution in [2.24, 2.45) is 10.9 Å². The Morgan fingerprint density at radius 3 is 2.55 bits per heavy atom. The maximum Gasteiger partial charge on any atom is 0.223 e. The van der Waals surface area contributed by atoms with E-state index < -0.39 is 0 Å². The highest BCUT2D eigenvalue weighted by Gasteiger charge is 2.29. The van der Waals surface area contributed by atoms with Crippen molar-refractivity contribution < 1.29 is 5.11 Å². The van der Waals surface area contributed by atoms with Gasteiger partial charge in [-0.1, -0.05) is 19.9 Å². The fourth-order valence-corrected chi connectivity index (χ4v) is 5.23. The second-order valence-electron chi connectivity index (χ2n) is 10.0. The van der Waals surface area contributed by atoms with E-state index in [1.54, 1.807) is 0 Å². The minimum Gasteiger partial charge on any atom is -0.393 e. The number of aliphatic imine (C=N–C) groups is 1. The van der Waals surface area contributed by atoms with Crippen molar-refractivity contribution in [1.82, 2.24) is 19.8 Å². The number of rotatable bonds is 8. The van der Waals surface area contributed by atoms with Crippen molar-refractivity contribution in [3.63, 3.8) is 0 Å². The molecule has 1 saturated heterocycles. The van der Waals surface area contributed by atoms with Gasteiger partial charge in [-0.2, -0.15) is 0 Å². The summed E-state index contributed by atoms with van der Waals surface area (Å²) in [4.78, 5) is 19.1. The number of piperidine rings is 1. The monoisotopic (exact) mass is 456 g/mol. The van der Waals surface area contributed by atoms with Gasteiger partial charge >= 0.3 is 0 Å². The first-order valence-corrected chi connectivity index (χ1v) is 12.7. The van der Waals surface area contributed by atoms with E-state index in [1.165, 1.54) is 0 Å². The molecule has 0 radical (unpaired) electrons. The van der Waals surface area contributed by atoms with Crippen molar-refractivity contribution in [3.05, 3.63) is 24.0 Å². The predicted molar refractivity (Wildman–Crippen MR) is 138 cm³/mol. The third-order valence-electron chi connectivity index (χ3n) is 7.40. The van der Waals surface area contributed by atoms with Crippen LogP contribution < -0.4 is 5.32 Å². The molecule has 1 aliphatic heterocycles. The highest BCUT2D eigenvalue weighted by atomic mass is 16.3. The standard InChI is InChI=1S/C26H44N6O/c1-7-8-18(2)29-26-28-17-23(24(30-26)19(3)20-9-11-22(33)12-10-20)25(27-4)32(6)21-13-15-31(5)16-14-21/h17-18,20-22,33H,3,7-16H2,1-2,4-6H3,(H,28,29,30). The van der Waals surface area contributed by atoms with E-state index in [-0.39, 0.29) is 6.10 Å². The lowest BCUT2D eigenvalue weighted by atomic mass is 9.81. The van der Waals surface area contributed by atoms with Gasteiger partial charge in [0.1, 0.15) is 5.84 Å². The van der Waals surface area contributed by atoms with Crippen molar-refractivity contribution >= 4 is 17.4 Å². The second-order valence-corrected chi connectivity index (χ2v) is 10.0. The highest BCUT2D eigenvalue weighted by Crippen LogP contribution is 2.35. The van der Waals surface area contributed by atoms with Crippen LogP contribution in [0.2, 0.25) is 0 Å². The summed E-state index contributed by atoms with van der Waals surface area (Å²) in [5, 5.41) is 13.5. The molecule has 1 aromatic rings. The Morgan fingerprint density at radius 2 is 1.94 bits per heavy atom. The topological polar surface area (TPSA) is 76.9 Å². The molecule has 2 aliphatic rings. The van der Waals surface area contributed by atoms with Crippen molar-refractivity contribution in [1.29, 1.82) is 0 Å². The summed E-state index contributed by atoms with van der Waals surface area (Å²) in [6.07, 6.45) is 9.72. The maximum atomic E-state index is 10.00. The van der Waals surface area contributed by atoms with Crippen molar-refractivity contribution in [2.75, 3.05) is 39.5 Å². The molecule has 1 saturated carbocycles. The number of nitrogens with zero attached hydrogens (tertiary/aromatic N) is 5. The summed E-state index contributed by atoms with van der Waals surface area (Å²) >= 11 is 0. The Hall–Kier alpha value is -1.99. The van der Waals surface area contributed by atoms with Crippen molar-refractivity contribution in [3.8, 4) is 0 Å². The van der Waals surface area contributed by atoms with E-state index in [2.05, 4.69) is 49.6 Å². The van der Waals surface area contributed by atoms with Gasteiger partial charge in [0.15, 0.2) is 0 Å². The van der Waals surface area contributed by atoms with Crippen LogP contribution in [0.5, 0.6) is 0 Å². The number of anilines is 1. The molecule has 7 nitrogen and oxygen atoms in total. The number of nitrogens with one attached hydrogen (secondary N) is 1. The highest BCUT2D eigenvalue weighted by molar-refractivity contribution is 6.02.